The molecule has 17 heavy (non-hydrogen) atoms. The molecule has 2 saturated heterocycles. The van der Waals surface area contributed by atoms with Gasteiger partial charge in [-0.05, 0) is 26.4 Å². The summed E-state index contributed by atoms with van der Waals surface area (Å²) in [6.07, 6.45) is 2.54. The lowest BCUT2D eigenvalue weighted by Gasteiger charge is -2.30. The number of nitrogens with zero attached hydrogens (tertiary/aromatic N) is 2. The lowest BCUT2D eigenvalue weighted by atomic mass is 10.2. The van der Waals surface area contributed by atoms with E-state index in [0.29, 0.717) is 12.1 Å². The number of thioether (sulfide) groups is 1. The van der Waals surface area contributed by atoms with E-state index in [1.807, 2.05) is 11.3 Å². The van der Waals surface area contributed by atoms with Crippen LogP contribution in [0, 0.1) is 0 Å². The topological polar surface area (TPSA) is 28.2 Å². The van der Waals surface area contributed by atoms with Crippen molar-refractivity contribution in [1.82, 2.24) is 15.2 Å². The fourth-order valence-electron chi connectivity index (χ4n) is 2.50. The normalized spacial score (nSPS) is 30.9. The molecular weight excluding hydrogens is 250 g/mol. The summed E-state index contributed by atoms with van der Waals surface area (Å²) in [4.78, 5) is 7.31. The maximum Gasteiger partial charge on any atom is 0.111 e. The molecule has 5 heteroatoms. The molecule has 1 N–H and O–H groups in total. The van der Waals surface area contributed by atoms with Gasteiger partial charge in [0.1, 0.15) is 5.01 Å². The first kappa shape index (κ1) is 12.0. The number of hydrogen-bond acceptors (Lipinski definition) is 5. The van der Waals surface area contributed by atoms with Crippen LogP contribution in [0.25, 0.3) is 0 Å². The molecule has 0 aromatic carbocycles. The highest BCUT2D eigenvalue weighted by molar-refractivity contribution is 7.99. The van der Waals surface area contributed by atoms with Crippen molar-refractivity contribution in [1.29, 1.82) is 0 Å². The predicted molar refractivity (Wildman–Crippen MR) is 74.8 cm³/mol. The van der Waals surface area contributed by atoms with Crippen LogP contribution in [0.15, 0.2) is 5.38 Å². The Balaban J connectivity index is 1.74. The average Bonchev–Trinajstić information content (AvgIpc) is 3.00. The molecule has 3 nitrogen and oxygen atoms in total. The minimum Gasteiger partial charge on any atom is -0.309 e. The number of aromatic nitrogens is 1. The molecule has 0 radical (unpaired) electrons. The molecule has 2 fully saturated rings. The number of thiazole rings is 1. The van der Waals surface area contributed by atoms with Gasteiger partial charge in [-0.25, -0.2) is 4.98 Å². The standard InChI is InChI=1S/C12H19N3S2/c1-15-5-6-16-8-11(15)12-14-10(7-17-12)9-3-2-4-13-9/h7,9,11,13H,2-6,8H2,1H3/t9-,11?/m0/s1. The van der Waals surface area contributed by atoms with E-state index in [0.717, 1.165) is 6.54 Å². The number of nitrogens with one attached hydrogen (secondary N) is 1. The molecule has 3 heterocycles. The highest BCUT2D eigenvalue weighted by Gasteiger charge is 2.26. The molecule has 0 spiro atoms. The largest absolute Gasteiger partial charge is 0.309 e. The van der Waals surface area contributed by atoms with Crippen LogP contribution in [-0.4, -0.2) is 41.5 Å². The summed E-state index contributed by atoms with van der Waals surface area (Å²) in [5, 5.41) is 7.09. The molecular formula is C12H19N3S2. The smallest absolute Gasteiger partial charge is 0.111 e. The van der Waals surface area contributed by atoms with Gasteiger partial charge >= 0.3 is 0 Å². The van der Waals surface area contributed by atoms with Gasteiger partial charge < -0.3 is 5.32 Å². The van der Waals surface area contributed by atoms with Crippen LogP contribution in [0.4, 0.5) is 0 Å². The van der Waals surface area contributed by atoms with Gasteiger partial charge in [0, 0.05) is 23.4 Å². The van der Waals surface area contributed by atoms with E-state index >= 15 is 0 Å². The van der Waals surface area contributed by atoms with E-state index in [4.69, 9.17) is 4.98 Å². The Kier molecular flexibility index (Phi) is 3.70. The molecule has 1 unspecified atom stereocenters. The Morgan fingerprint density at radius 1 is 1.53 bits per heavy atom. The Labute approximate surface area is 111 Å². The predicted octanol–water partition coefficient (Wildman–Crippen LogP) is 2.29. The summed E-state index contributed by atoms with van der Waals surface area (Å²) in [5.41, 5.74) is 1.27. The molecule has 94 valence electrons. The zero-order valence-electron chi connectivity index (χ0n) is 10.2. The SMILES string of the molecule is CN1CCSCC1c1nc([C@@H]2CCCN2)cs1. The monoisotopic (exact) mass is 269 g/mol. The fraction of sp³-hybridized carbons (Fsp3) is 0.750. The van der Waals surface area contributed by atoms with Gasteiger partial charge in [-0.1, -0.05) is 0 Å². The Morgan fingerprint density at radius 3 is 3.24 bits per heavy atom. The van der Waals surface area contributed by atoms with Crippen molar-refractivity contribution in [3.8, 4) is 0 Å². The minimum atomic E-state index is 0.515. The summed E-state index contributed by atoms with van der Waals surface area (Å²) in [6.45, 7) is 2.34. The van der Waals surface area contributed by atoms with E-state index in [1.54, 1.807) is 0 Å². The average molecular weight is 269 g/mol. The molecule has 2 aliphatic heterocycles. The first-order valence-corrected chi connectivity index (χ1v) is 8.35. The van der Waals surface area contributed by atoms with E-state index < -0.39 is 0 Å². The maximum absolute atomic E-state index is 4.87. The Bertz CT molecular complexity index is 374. The van der Waals surface area contributed by atoms with Gasteiger partial charge in [-0.3, -0.25) is 4.90 Å². The van der Waals surface area contributed by atoms with Crippen LogP contribution in [0.1, 0.15) is 35.6 Å². The van der Waals surface area contributed by atoms with Crippen molar-refractivity contribution in [2.24, 2.45) is 0 Å². The second-order valence-electron chi connectivity index (χ2n) is 4.83. The minimum absolute atomic E-state index is 0.515. The van der Waals surface area contributed by atoms with Crippen molar-refractivity contribution in [3.05, 3.63) is 16.1 Å². The lowest BCUT2D eigenvalue weighted by molar-refractivity contribution is 0.273. The van der Waals surface area contributed by atoms with Crippen LogP contribution < -0.4 is 5.32 Å². The highest BCUT2D eigenvalue weighted by atomic mass is 32.2. The third kappa shape index (κ3) is 2.52. The van der Waals surface area contributed by atoms with Crippen molar-refractivity contribution >= 4 is 23.1 Å². The van der Waals surface area contributed by atoms with Crippen LogP contribution in [-0.2, 0) is 0 Å². The van der Waals surface area contributed by atoms with Crippen molar-refractivity contribution in [2.75, 3.05) is 31.6 Å². The van der Waals surface area contributed by atoms with Gasteiger partial charge in [0.15, 0.2) is 0 Å². The van der Waals surface area contributed by atoms with Crippen LogP contribution in [0.3, 0.4) is 0 Å². The highest BCUT2D eigenvalue weighted by Crippen LogP contribution is 2.32. The summed E-state index contributed by atoms with van der Waals surface area (Å²) in [7, 11) is 2.22. The van der Waals surface area contributed by atoms with E-state index in [-0.39, 0.29) is 0 Å². The Hall–Kier alpha value is -0.100. The second kappa shape index (κ2) is 5.26. The number of hydrogen-bond donors (Lipinski definition) is 1. The molecule has 1 aromatic heterocycles. The molecule has 1 aromatic rings. The van der Waals surface area contributed by atoms with Crippen LogP contribution in [0.2, 0.25) is 0 Å². The molecule has 0 amide bonds. The molecule has 0 aliphatic carbocycles. The van der Waals surface area contributed by atoms with Crippen LogP contribution >= 0.6 is 23.1 Å². The fourth-order valence-corrected chi connectivity index (χ4v) is 4.86. The van der Waals surface area contributed by atoms with Gasteiger partial charge in [-0.2, -0.15) is 11.8 Å². The van der Waals surface area contributed by atoms with Crippen LogP contribution in [0.5, 0.6) is 0 Å². The molecule has 2 atom stereocenters. The van der Waals surface area contributed by atoms with Crippen molar-refractivity contribution in [3.63, 3.8) is 0 Å². The first-order chi connectivity index (χ1) is 8.34. The molecule has 2 aliphatic rings. The summed E-state index contributed by atoms with van der Waals surface area (Å²) < 4.78 is 0. The summed E-state index contributed by atoms with van der Waals surface area (Å²) >= 11 is 3.89. The second-order valence-corrected chi connectivity index (χ2v) is 6.87. The summed E-state index contributed by atoms with van der Waals surface area (Å²) in [6, 6.07) is 1.05. The third-order valence-electron chi connectivity index (χ3n) is 3.64. The Morgan fingerprint density at radius 2 is 2.47 bits per heavy atom. The number of rotatable bonds is 2. The summed E-state index contributed by atoms with van der Waals surface area (Å²) in [5.74, 6) is 2.46. The van der Waals surface area contributed by atoms with Gasteiger partial charge in [0.2, 0.25) is 0 Å². The van der Waals surface area contributed by atoms with Crippen molar-refractivity contribution < 1.29 is 0 Å². The quantitative estimate of drug-likeness (QED) is 0.891. The van der Waals surface area contributed by atoms with Gasteiger partial charge in [0.25, 0.3) is 0 Å². The first-order valence-electron chi connectivity index (χ1n) is 6.31. The van der Waals surface area contributed by atoms with Crippen molar-refractivity contribution in [2.45, 2.75) is 24.9 Å². The lowest BCUT2D eigenvalue weighted by Crippen LogP contribution is -2.32. The zero-order chi connectivity index (χ0) is 11.7. The third-order valence-corrected chi connectivity index (χ3v) is 5.63. The molecule has 3 rings (SSSR count). The van der Waals surface area contributed by atoms with Gasteiger partial charge in [-0.15, -0.1) is 11.3 Å². The van der Waals surface area contributed by atoms with E-state index in [1.165, 1.54) is 41.6 Å². The molecule has 0 saturated carbocycles. The van der Waals surface area contributed by atoms with E-state index in [9.17, 15) is 0 Å². The molecule has 0 bridgehead atoms. The van der Waals surface area contributed by atoms with E-state index in [2.05, 4.69) is 34.4 Å². The van der Waals surface area contributed by atoms with Gasteiger partial charge in [0.05, 0.1) is 17.8 Å². The zero-order valence-corrected chi connectivity index (χ0v) is 11.8. The maximum atomic E-state index is 4.87.